The van der Waals surface area contributed by atoms with E-state index >= 15 is 0 Å². The van der Waals surface area contributed by atoms with Gasteiger partial charge in [0.25, 0.3) is 0 Å². The molecule has 23 heavy (non-hydrogen) atoms. The molecule has 7 heteroatoms. The molecular formula is C16H11Br2ClFNO2. The van der Waals surface area contributed by atoms with Crippen LogP contribution in [0.25, 0.3) is 6.08 Å². The summed E-state index contributed by atoms with van der Waals surface area (Å²) in [6, 6.07) is 7.64. The number of benzene rings is 2. The molecule has 1 amide bonds. The zero-order valence-electron chi connectivity index (χ0n) is 11.9. The van der Waals surface area contributed by atoms with Gasteiger partial charge >= 0.3 is 0 Å². The predicted octanol–water partition coefficient (Wildman–Crippen LogP) is 5.66. The van der Waals surface area contributed by atoms with Crippen molar-refractivity contribution in [2.45, 2.75) is 0 Å². The van der Waals surface area contributed by atoms with Gasteiger partial charge in [-0.15, -0.1) is 0 Å². The highest BCUT2D eigenvalue weighted by Crippen LogP contribution is 2.33. The number of rotatable bonds is 4. The van der Waals surface area contributed by atoms with Crippen molar-refractivity contribution in [1.82, 2.24) is 0 Å². The number of amides is 1. The number of methoxy groups -OCH3 is 1. The Kier molecular flexibility index (Phi) is 6.21. The fraction of sp³-hybridized carbons (Fsp3) is 0.0625. The van der Waals surface area contributed by atoms with Crippen molar-refractivity contribution in [1.29, 1.82) is 0 Å². The lowest BCUT2D eigenvalue weighted by molar-refractivity contribution is -0.111. The lowest BCUT2D eigenvalue weighted by Crippen LogP contribution is -2.07. The van der Waals surface area contributed by atoms with E-state index in [0.29, 0.717) is 11.4 Å². The van der Waals surface area contributed by atoms with Crippen molar-refractivity contribution in [3.63, 3.8) is 0 Å². The van der Waals surface area contributed by atoms with Gasteiger partial charge in [-0.2, -0.15) is 0 Å². The number of anilines is 1. The smallest absolute Gasteiger partial charge is 0.248 e. The first kappa shape index (κ1) is 18.0. The molecule has 0 fully saturated rings. The molecule has 0 spiro atoms. The highest BCUT2D eigenvalue weighted by Gasteiger charge is 2.08. The molecule has 2 rings (SSSR count). The third-order valence-electron chi connectivity index (χ3n) is 2.84. The molecule has 0 radical (unpaired) electrons. The van der Waals surface area contributed by atoms with Crippen LogP contribution in [0.15, 0.2) is 45.4 Å². The third kappa shape index (κ3) is 4.80. The molecule has 1 N–H and O–H groups in total. The molecule has 0 heterocycles. The number of hydrogen-bond acceptors (Lipinski definition) is 2. The summed E-state index contributed by atoms with van der Waals surface area (Å²) < 4.78 is 20.0. The summed E-state index contributed by atoms with van der Waals surface area (Å²) in [5.41, 5.74) is 1.13. The van der Waals surface area contributed by atoms with Gasteiger partial charge in [0.15, 0.2) is 0 Å². The van der Waals surface area contributed by atoms with Crippen LogP contribution in [-0.4, -0.2) is 13.0 Å². The van der Waals surface area contributed by atoms with Crippen LogP contribution in [-0.2, 0) is 4.79 Å². The summed E-state index contributed by atoms with van der Waals surface area (Å²) in [7, 11) is 1.55. The molecule has 0 bridgehead atoms. The first-order valence-electron chi connectivity index (χ1n) is 6.38. The van der Waals surface area contributed by atoms with Gasteiger partial charge in [-0.1, -0.05) is 27.5 Å². The number of carbonyl (C=O) groups excluding carboxylic acids is 1. The lowest BCUT2D eigenvalue weighted by atomic mass is 10.2. The standard InChI is InChI=1S/C16H11Br2ClFNO2/c1-23-16-9(6-10(17)7-12(16)18)2-5-15(22)21-11-3-4-14(20)13(19)8-11/h2-8H,1H3,(H,21,22)/b5-2+. The predicted molar refractivity (Wildman–Crippen MR) is 97.5 cm³/mol. The van der Waals surface area contributed by atoms with Crippen LogP contribution in [0.2, 0.25) is 5.02 Å². The summed E-state index contributed by atoms with van der Waals surface area (Å²) in [6.45, 7) is 0. The molecule has 0 atom stereocenters. The van der Waals surface area contributed by atoms with Crippen molar-refractivity contribution in [3.05, 3.63) is 61.8 Å². The normalized spacial score (nSPS) is 10.8. The van der Waals surface area contributed by atoms with Gasteiger partial charge in [-0.3, -0.25) is 4.79 Å². The highest BCUT2D eigenvalue weighted by atomic mass is 79.9. The zero-order valence-corrected chi connectivity index (χ0v) is 15.8. The largest absolute Gasteiger partial charge is 0.495 e. The molecule has 0 aliphatic rings. The summed E-state index contributed by atoms with van der Waals surface area (Å²) in [6.07, 6.45) is 2.98. The SMILES string of the molecule is COc1c(Br)cc(Br)cc1/C=C/C(=O)Nc1ccc(F)c(Cl)c1. The van der Waals surface area contributed by atoms with Gasteiger partial charge in [0.1, 0.15) is 11.6 Å². The maximum Gasteiger partial charge on any atom is 0.248 e. The molecule has 0 unspecified atom stereocenters. The Labute approximate surface area is 154 Å². The van der Waals surface area contributed by atoms with E-state index in [9.17, 15) is 9.18 Å². The van der Waals surface area contributed by atoms with E-state index in [-0.39, 0.29) is 10.9 Å². The summed E-state index contributed by atoms with van der Waals surface area (Å²) >= 11 is 12.4. The van der Waals surface area contributed by atoms with Crippen LogP contribution in [0, 0.1) is 5.82 Å². The summed E-state index contributed by atoms with van der Waals surface area (Å²) in [5, 5.41) is 2.55. The molecule has 0 aliphatic carbocycles. The first-order valence-corrected chi connectivity index (χ1v) is 8.34. The average Bonchev–Trinajstić information content (AvgIpc) is 2.48. The van der Waals surface area contributed by atoms with Crippen LogP contribution in [0.1, 0.15) is 5.56 Å². The molecule has 0 saturated heterocycles. The highest BCUT2D eigenvalue weighted by molar-refractivity contribution is 9.11. The topological polar surface area (TPSA) is 38.3 Å². The molecule has 0 aliphatic heterocycles. The molecule has 0 saturated carbocycles. The van der Waals surface area contributed by atoms with Crippen LogP contribution >= 0.6 is 43.5 Å². The molecular weight excluding hydrogens is 452 g/mol. The Balaban J connectivity index is 2.16. The van der Waals surface area contributed by atoms with Gasteiger partial charge in [0.05, 0.1) is 16.6 Å². The van der Waals surface area contributed by atoms with Crippen molar-refractivity contribution >= 4 is 61.1 Å². The van der Waals surface area contributed by atoms with Gasteiger partial charge in [-0.25, -0.2) is 4.39 Å². The molecule has 3 nitrogen and oxygen atoms in total. The number of hydrogen-bond donors (Lipinski definition) is 1. The molecule has 120 valence electrons. The second kappa shape index (κ2) is 7.95. The number of ether oxygens (including phenoxy) is 1. The minimum atomic E-state index is -0.538. The van der Waals surface area contributed by atoms with Gasteiger partial charge < -0.3 is 10.1 Å². The number of carbonyl (C=O) groups is 1. The Hall–Kier alpha value is -1.37. The Bertz CT molecular complexity index is 781. The van der Waals surface area contributed by atoms with Crippen LogP contribution in [0.5, 0.6) is 5.75 Å². The van der Waals surface area contributed by atoms with Crippen LogP contribution < -0.4 is 10.1 Å². The number of nitrogens with one attached hydrogen (secondary N) is 1. The van der Waals surface area contributed by atoms with Gasteiger partial charge in [0.2, 0.25) is 5.91 Å². The Morgan fingerprint density at radius 2 is 2.04 bits per heavy atom. The molecule has 0 aromatic heterocycles. The van der Waals surface area contributed by atoms with E-state index in [0.717, 1.165) is 14.5 Å². The third-order valence-corrected chi connectivity index (χ3v) is 4.18. The van der Waals surface area contributed by atoms with Crippen molar-refractivity contribution in [3.8, 4) is 5.75 Å². The van der Waals surface area contributed by atoms with E-state index in [1.165, 1.54) is 24.3 Å². The van der Waals surface area contributed by atoms with Crippen molar-refractivity contribution in [2.75, 3.05) is 12.4 Å². The molecule has 2 aromatic carbocycles. The fourth-order valence-corrected chi connectivity index (χ4v) is 3.44. The number of halogens is 4. The Morgan fingerprint density at radius 1 is 1.30 bits per heavy atom. The summed E-state index contributed by atoms with van der Waals surface area (Å²) in [5.74, 6) is -0.295. The van der Waals surface area contributed by atoms with Crippen molar-refractivity contribution in [2.24, 2.45) is 0 Å². The Morgan fingerprint density at radius 3 is 2.70 bits per heavy atom. The maximum absolute atomic E-state index is 13.1. The second-order valence-corrected chi connectivity index (χ2v) is 6.64. The monoisotopic (exact) mass is 461 g/mol. The first-order chi connectivity index (χ1) is 10.9. The quantitative estimate of drug-likeness (QED) is 0.594. The van der Waals surface area contributed by atoms with E-state index in [2.05, 4.69) is 37.2 Å². The minimum absolute atomic E-state index is 0.0515. The van der Waals surface area contributed by atoms with E-state index < -0.39 is 5.82 Å². The fourth-order valence-electron chi connectivity index (χ4n) is 1.84. The lowest BCUT2D eigenvalue weighted by Gasteiger charge is -2.08. The van der Waals surface area contributed by atoms with Crippen molar-refractivity contribution < 1.29 is 13.9 Å². The zero-order chi connectivity index (χ0) is 17.0. The summed E-state index contributed by atoms with van der Waals surface area (Å²) in [4.78, 5) is 12.0. The van der Waals surface area contributed by atoms with E-state index in [1.54, 1.807) is 13.2 Å². The van der Waals surface area contributed by atoms with Crippen LogP contribution in [0.3, 0.4) is 0 Å². The second-order valence-electron chi connectivity index (χ2n) is 4.46. The molecule has 2 aromatic rings. The van der Waals surface area contributed by atoms with E-state index in [4.69, 9.17) is 16.3 Å². The van der Waals surface area contributed by atoms with Gasteiger partial charge in [-0.05, 0) is 52.3 Å². The van der Waals surface area contributed by atoms with Gasteiger partial charge in [0, 0.05) is 21.8 Å². The van der Waals surface area contributed by atoms with E-state index in [1.807, 2.05) is 12.1 Å². The maximum atomic E-state index is 13.1. The van der Waals surface area contributed by atoms with Crippen LogP contribution in [0.4, 0.5) is 10.1 Å². The average molecular weight is 464 g/mol. The minimum Gasteiger partial charge on any atom is -0.495 e.